The zero-order chi connectivity index (χ0) is 19.1. The van der Waals surface area contributed by atoms with Gasteiger partial charge in [-0.05, 0) is 39.7 Å². The third-order valence-electron chi connectivity index (χ3n) is 4.65. The van der Waals surface area contributed by atoms with Crippen LogP contribution in [0.4, 0.5) is 4.79 Å². The lowest BCUT2D eigenvalue weighted by Gasteiger charge is -2.34. The number of hydrogen-bond acceptors (Lipinski definition) is 4. The molecule has 142 valence electrons. The molecule has 0 bridgehead atoms. The molecule has 1 amide bonds. The zero-order valence-corrected chi connectivity index (χ0v) is 16.7. The van der Waals surface area contributed by atoms with Crippen LogP contribution >= 0.6 is 0 Å². The van der Waals surface area contributed by atoms with E-state index in [-0.39, 0.29) is 17.4 Å². The Balaban J connectivity index is 1.86. The predicted molar refractivity (Wildman–Crippen MR) is 101 cm³/mol. The number of fused-ring (bicyclic) bond motifs is 1. The number of hydrogen-bond donors (Lipinski definition) is 0. The first kappa shape index (κ1) is 18.7. The van der Waals surface area contributed by atoms with E-state index in [0.29, 0.717) is 6.54 Å². The minimum Gasteiger partial charge on any atom is -0.444 e. The summed E-state index contributed by atoms with van der Waals surface area (Å²) in [6.07, 6.45) is 3.60. The van der Waals surface area contributed by atoms with Crippen LogP contribution in [0, 0.1) is 0 Å². The molecule has 1 unspecified atom stereocenters. The number of aromatic nitrogens is 3. The summed E-state index contributed by atoms with van der Waals surface area (Å²) in [5.74, 6) is 0.231. The number of rotatable bonds is 1. The first-order valence-corrected chi connectivity index (χ1v) is 9.38. The Bertz CT molecular complexity index is 798. The molecule has 3 heterocycles. The van der Waals surface area contributed by atoms with Crippen molar-refractivity contribution in [3.63, 3.8) is 0 Å². The normalized spacial score (nSPS) is 19.0. The second kappa shape index (κ2) is 6.56. The van der Waals surface area contributed by atoms with Crippen molar-refractivity contribution in [2.45, 2.75) is 71.3 Å². The van der Waals surface area contributed by atoms with Crippen LogP contribution in [0.5, 0.6) is 0 Å². The minimum atomic E-state index is -0.475. The van der Waals surface area contributed by atoms with Gasteiger partial charge in [0.2, 0.25) is 0 Å². The lowest BCUT2D eigenvalue weighted by molar-refractivity contribution is 0.0196. The third-order valence-corrected chi connectivity index (χ3v) is 4.65. The number of ether oxygens (including phenoxy) is 1. The fourth-order valence-electron chi connectivity index (χ4n) is 3.30. The SMILES string of the molecule is CC(C)(C)OC(=O)N1CCCC(c2ccnc3cc(C(C)(C)C)nn23)C1. The van der Waals surface area contributed by atoms with E-state index < -0.39 is 5.60 Å². The molecular formula is C20H30N4O2. The summed E-state index contributed by atoms with van der Waals surface area (Å²) in [7, 11) is 0. The molecule has 1 atom stereocenters. The fourth-order valence-corrected chi connectivity index (χ4v) is 3.30. The molecular weight excluding hydrogens is 328 g/mol. The molecule has 0 saturated carbocycles. The monoisotopic (exact) mass is 358 g/mol. The number of nitrogens with zero attached hydrogens (tertiary/aromatic N) is 4. The van der Waals surface area contributed by atoms with Crippen molar-refractivity contribution >= 4 is 11.7 Å². The molecule has 1 aliphatic rings. The standard InChI is InChI=1S/C20H30N4O2/c1-19(2,3)16-12-17-21-10-9-15(24(17)22-16)14-8-7-11-23(13-14)18(25)26-20(4,5)6/h9-10,12,14H,7-8,11,13H2,1-6H3. The van der Waals surface area contributed by atoms with Crippen LogP contribution in [0.2, 0.25) is 0 Å². The van der Waals surface area contributed by atoms with E-state index in [9.17, 15) is 4.79 Å². The molecule has 0 aromatic carbocycles. The highest BCUT2D eigenvalue weighted by molar-refractivity contribution is 5.68. The van der Waals surface area contributed by atoms with E-state index in [1.165, 1.54) is 0 Å². The molecule has 2 aromatic rings. The number of amides is 1. The smallest absolute Gasteiger partial charge is 0.410 e. The highest BCUT2D eigenvalue weighted by Gasteiger charge is 2.30. The highest BCUT2D eigenvalue weighted by Crippen LogP contribution is 2.29. The van der Waals surface area contributed by atoms with Crippen LogP contribution in [-0.4, -0.2) is 44.3 Å². The maximum Gasteiger partial charge on any atom is 0.410 e. The van der Waals surface area contributed by atoms with E-state index >= 15 is 0 Å². The Hall–Kier alpha value is -2.11. The van der Waals surface area contributed by atoms with Crippen LogP contribution in [-0.2, 0) is 10.2 Å². The second-order valence-corrected chi connectivity index (χ2v) is 9.18. The van der Waals surface area contributed by atoms with Gasteiger partial charge >= 0.3 is 6.09 Å². The second-order valence-electron chi connectivity index (χ2n) is 9.18. The van der Waals surface area contributed by atoms with E-state index in [2.05, 4.69) is 31.8 Å². The zero-order valence-electron chi connectivity index (χ0n) is 16.7. The van der Waals surface area contributed by atoms with E-state index in [0.717, 1.165) is 36.4 Å². The van der Waals surface area contributed by atoms with Crippen LogP contribution < -0.4 is 0 Å². The van der Waals surface area contributed by atoms with Gasteiger partial charge in [0.15, 0.2) is 5.65 Å². The molecule has 0 aliphatic carbocycles. The van der Waals surface area contributed by atoms with Gasteiger partial charge in [-0.15, -0.1) is 0 Å². The predicted octanol–water partition coefficient (Wildman–Crippen LogP) is 4.14. The molecule has 6 heteroatoms. The van der Waals surface area contributed by atoms with Crippen LogP contribution in [0.1, 0.15) is 71.7 Å². The van der Waals surface area contributed by atoms with E-state index in [1.54, 1.807) is 0 Å². The Kier molecular flexibility index (Phi) is 4.71. The van der Waals surface area contributed by atoms with Gasteiger partial charge in [0, 0.05) is 36.7 Å². The maximum atomic E-state index is 12.5. The molecule has 26 heavy (non-hydrogen) atoms. The van der Waals surface area contributed by atoms with Gasteiger partial charge in [0.05, 0.1) is 11.4 Å². The molecule has 0 N–H and O–H groups in total. The summed E-state index contributed by atoms with van der Waals surface area (Å²) in [6, 6.07) is 4.08. The topological polar surface area (TPSA) is 59.7 Å². The van der Waals surface area contributed by atoms with Gasteiger partial charge in [-0.25, -0.2) is 14.3 Å². The van der Waals surface area contributed by atoms with E-state index in [4.69, 9.17) is 9.84 Å². The summed E-state index contributed by atoms with van der Waals surface area (Å²) in [5, 5.41) is 4.81. The molecule has 2 aromatic heterocycles. The maximum absolute atomic E-state index is 12.5. The Morgan fingerprint density at radius 1 is 1.23 bits per heavy atom. The summed E-state index contributed by atoms with van der Waals surface area (Å²) in [6.45, 7) is 13.5. The molecule has 1 aliphatic heterocycles. The van der Waals surface area contributed by atoms with Gasteiger partial charge in [0.1, 0.15) is 5.60 Å². The molecule has 1 saturated heterocycles. The molecule has 1 fully saturated rings. The summed E-state index contributed by atoms with van der Waals surface area (Å²) < 4.78 is 7.50. The fraction of sp³-hybridized carbons (Fsp3) is 0.650. The van der Waals surface area contributed by atoms with Gasteiger partial charge < -0.3 is 9.64 Å². The molecule has 0 spiro atoms. The van der Waals surface area contributed by atoms with Gasteiger partial charge in [0.25, 0.3) is 0 Å². The number of piperidine rings is 1. The van der Waals surface area contributed by atoms with Gasteiger partial charge in [-0.1, -0.05) is 20.8 Å². The quantitative estimate of drug-likeness (QED) is 0.769. The lowest BCUT2D eigenvalue weighted by atomic mass is 9.93. The largest absolute Gasteiger partial charge is 0.444 e. The van der Waals surface area contributed by atoms with Crippen molar-refractivity contribution in [3.8, 4) is 0 Å². The summed E-state index contributed by atoms with van der Waals surface area (Å²) in [4.78, 5) is 18.7. The van der Waals surface area contributed by atoms with Crippen molar-refractivity contribution in [1.29, 1.82) is 0 Å². The van der Waals surface area contributed by atoms with Gasteiger partial charge in [-0.3, -0.25) is 0 Å². The number of carbonyl (C=O) groups excluding carboxylic acids is 1. The minimum absolute atomic E-state index is 0.0277. The molecule has 0 radical (unpaired) electrons. The average Bonchev–Trinajstić information content (AvgIpc) is 2.97. The van der Waals surface area contributed by atoms with Crippen molar-refractivity contribution < 1.29 is 9.53 Å². The first-order chi connectivity index (χ1) is 12.0. The third kappa shape index (κ3) is 4.00. The van der Waals surface area contributed by atoms with Crippen LogP contribution in [0.25, 0.3) is 5.65 Å². The molecule has 3 rings (SSSR count). The molecule has 6 nitrogen and oxygen atoms in total. The van der Waals surface area contributed by atoms with E-state index in [1.807, 2.05) is 42.4 Å². The van der Waals surface area contributed by atoms with Crippen molar-refractivity contribution in [1.82, 2.24) is 19.5 Å². The van der Waals surface area contributed by atoms with Crippen LogP contribution in [0.15, 0.2) is 18.3 Å². The van der Waals surface area contributed by atoms with Crippen molar-refractivity contribution in [3.05, 3.63) is 29.7 Å². The van der Waals surface area contributed by atoms with Crippen LogP contribution in [0.3, 0.4) is 0 Å². The average molecular weight is 358 g/mol. The first-order valence-electron chi connectivity index (χ1n) is 9.38. The summed E-state index contributed by atoms with van der Waals surface area (Å²) >= 11 is 0. The Labute approximate surface area is 155 Å². The Morgan fingerprint density at radius 2 is 1.96 bits per heavy atom. The van der Waals surface area contributed by atoms with Crippen molar-refractivity contribution in [2.24, 2.45) is 0 Å². The number of carbonyl (C=O) groups is 1. The highest BCUT2D eigenvalue weighted by atomic mass is 16.6. The Morgan fingerprint density at radius 3 is 2.62 bits per heavy atom. The van der Waals surface area contributed by atoms with Crippen molar-refractivity contribution in [2.75, 3.05) is 13.1 Å². The van der Waals surface area contributed by atoms with Gasteiger partial charge in [-0.2, -0.15) is 5.10 Å². The number of likely N-dealkylation sites (tertiary alicyclic amines) is 1. The lowest BCUT2D eigenvalue weighted by Crippen LogP contribution is -2.42. The summed E-state index contributed by atoms with van der Waals surface area (Å²) in [5.41, 5.74) is 2.50.